The van der Waals surface area contributed by atoms with E-state index in [-0.39, 0.29) is 6.04 Å². The maximum absolute atomic E-state index is 12.1. The zero-order chi connectivity index (χ0) is 15.9. The molecule has 2 N–H and O–H groups in total. The number of hydrogen-bond acceptors (Lipinski definition) is 3. The Bertz CT molecular complexity index is 530. The molecule has 0 aromatic heterocycles. The zero-order valence-electron chi connectivity index (χ0n) is 13.2. The first kappa shape index (κ1) is 16.3. The number of rotatable bonds is 4. The Morgan fingerprint density at radius 2 is 1.91 bits per heavy atom. The van der Waals surface area contributed by atoms with Crippen LogP contribution in [0.5, 0.6) is 5.75 Å². The molecule has 1 aromatic rings. The molecule has 0 spiro atoms. The molecule has 5 heteroatoms. The Balaban J connectivity index is 1.95. The number of anilines is 1. The van der Waals surface area contributed by atoms with E-state index in [4.69, 9.17) is 4.74 Å². The first-order valence-electron chi connectivity index (χ1n) is 7.95. The molecular weight excluding hydrogens is 280 g/mol. The van der Waals surface area contributed by atoms with Gasteiger partial charge in [-0.05, 0) is 37.8 Å². The van der Waals surface area contributed by atoms with Gasteiger partial charge in [-0.3, -0.25) is 9.59 Å². The van der Waals surface area contributed by atoms with Crippen LogP contribution in [0, 0.1) is 5.92 Å². The second kappa shape index (κ2) is 7.82. The number of carbonyl (C=O) groups excluding carboxylic acids is 2. The molecule has 1 aliphatic rings. The van der Waals surface area contributed by atoms with Crippen molar-refractivity contribution in [2.75, 3.05) is 11.9 Å². The summed E-state index contributed by atoms with van der Waals surface area (Å²) in [5.74, 6) is -0.242. The summed E-state index contributed by atoms with van der Waals surface area (Å²) in [5.41, 5.74) is 0.515. The van der Waals surface area contributed by atoms with Crippen molar-refractivity contribution in [3.05, 3.63) is 24.3 Å². The van der Waals surface area contributed by atoms with Crippen molar-refractivity contribution in [2.45, 2.75) is 45.6 Å². The topological polar surface area (TPSA) is 67.4 Å². The van der Waals surface area contributed by atoms with Crippen molar-refractivity contribution in [1.82, 2.24) is 5.32 Å². The molecule has 0 unspecified atom stereocenters. The van der Waals surface area contributed by atoms with E-state index in [0.717, 1.165) is 19.3 Å². The standard InChI is InChI=1S/C17H24N2O3/c1-3-22-15-11-7-6-10-14(15)19-17(21)16(20)18-13-9-5-4-8-12(13)2/h6-7,10-13H,3-5,8-9H2,1-2H3,(H,18,20)(H,19,21)/t12-,13-/m1/s1. The van der Waals surface area contributed by atoms with E-state index >= 15 is 0 Å². The minimum Gasteiger partial charge on any atom is -0.492 e. The molecule has 0 heterocycles. The van der Waals surface area contributed by atoms with Crippen molar-refractivity contribution in [3.63, 3.8) is 0 Å². The lowest BCUT2D eigenvalue weighted by atomic mass is 9.86. The van der Waals surface area contributed by atoms with Gasteiger partial charge in [0, 0.05) is 6.04 Å². The fourth-order valence-corrected chi connectivity index (χ4v) is 2.79. The minimum absolute atomic E-state index is 0.0918. The second-order valence-corrected chi connectivity index (χ2v) is 5.72. The monoisotopic (exact) mass is 304 g/mol. The third kappa shape index (κ3) is 4.23. The first-order chi connectivity index (χ1) is 10.6. The van der Waals surface area contributed by atoms with Crippen LogP contribution in [0.15, 0.2) is 24.3 Å². The molecule has 1 saturated carbocycles. The molecule has 22 heavy (non-hydrogen) atoms. The maximum atomic E-state index is 12.1. The summed E-state index contributed by atoms with van der Waals surface area (Å²) >= 11 is 0. The fourth-order valence-electron chi connectivity index (χ4n) is 2.79. The fraction of sp³-hybridized carbons (Fsp3) is 0.529. The molecule has 2 amide bonds. The van der Waals surface area contributed by atoms with Crippen molar-refractivity contribution in [3.8, 4) is 5.75 Å². The van der Waals surface area contributed by atoms with Gasteiger partial charge in [-0.15, -0.1) is 0 Å². The quantitative estimate of drug-likeness (QED) is 0.840. The van der Waals surface area contributed by atoms with Gasteiger partial charge in [0.25, 0.3) is 0 Å². The molecule has 2 rings (SSSR count). The van der Waals surface area contributed by atoms with Gasteiger partial charge in [-0.2, -0.15) is 0 Å². The van der Waals surface area contributed by atoms with Gasteiger partial charge in [0.15, 0.2) is 0 Å². The molecule has 1 aliphatic carbocycles. The zero-order valence-corrected chi connectivity index (χ0v) is 13.2. The predicted octanol–water partition coefficient (Wildman–Crippen LogP) is 2.72. The lowest BCUT2D eigenvalue weighted by Gasteiger charge is -2.29. The van der Waals surface area contributed by atoms with E-state index in [9.17, 15) is 9.59 Å². The maximum Gasteiger partial charge on any atom is 0.313 e. The molecule has 0 radical (unpaired) electrons. The van der Waals surface area contributed by atoms with Crippen LogP contribution >= 0.6 is 0 Å². The van der Waals surface area contributed by atoms with Crippen molar-refractivity contribution >= 4 is 17.5 Å². The van der Waals surface area contributed by atoms with Crippen LogP contribution in [-0.4, -0.2) is 24.5 Å². The van der Waals surface area contributed by atoms with Crippen LogP contribution in [0.1, 0.15) is 39.5 Å². The summed E-state index contributed by atoms with van der Waals surface area (Å²) in [6.45, 7) is 4.49. The average Bonchev–Trinajstić information content (AvgIpc) is 2.51. The van der Waals surface area contributed by atoms with E-state index < -0.39 is 11.8 Å². The number of para-hydroxylation sites is 2. The van der Waals surface area contributed by atoms with Gasteiger partial charge in [0.05, 0.1) is 12.3 Å². The highest BCUT2D eigenvalue weighted by molar-refractivity contribution is 6.39. The molecule has 0 aliphatic heterocycles. The van der Waals surface area contributed by atoms with Crippen molar-refractivity contribution in [1.29, 1.82) is 0 Å². The third-order valence-corrected chi connectivity index (χ3v) is 4.07. The van der Waals surface area contributed by atoms with E-state index in [2.05, 4.69) is 17.6 Å². The van der Waals surface area contributed by atoms with Crippen LogP contribution in [0.3, 0.4) is 0 Å². The molecule has 5 nitrogen and oxygen atoms in total. The van der Waals surface area contributed by atoms with Gasteiger partial charge in [0.1, 0.15) is 5.75 Å². The number of hydrogen-bond donors (Lipinski definition) is 2. The predicted molar refractivity (Wildman–Crippen MR) is 85.8 cm³/mol. The highest BCUT2D eigenvalue weighted by Gasteiger charge is 2.25. The van der Waals surface area contributed by atoms with E-state index in [1.165, 1.54) is 6.42 Å². The Labute approximate surface area is 131 Å². The smallest absolute Gasteiger partial charge is 0.313 e. The lowest BCUT2D eigenvalue weighted by molar-refractivity contribution is -0.137. The Morgan fingerprint density at radius 3 is 2.64 bits per heavy atom. The van der Waals surface area contributed by atoms with Crippen LogP contribution in [0.4, 0.5) is 5.69 Å². The largest absolute Gasteiger partial charge is 0.492 e. The summed E-state index contributed by atoms with van der Waals surface area (Å²) in [5, 5.41) is 5.47. The van der Waals surface area contributed by atoms with Gasteiger partial charge in [0.2, 0.25) is 0 Å². The van der Waals surface area contributed by atoms with Gasteiger partial charge in [-0.25, -0.2) is 0 Å². The van der Waals surface area contributed by atoms with Crippen LogP contribution in [0.25, 0.3) is 0 Å². The van der Waals surface area contributed by atoms with Crippen molar-refractivity contribution in [2.24, 2.45) is 5.92 Å². The molecule has 0 saturated heterocycles. The first-order valence-corrected chi connectivity index (χ1v) is 7.95. The Kier molecular flexibility index (Phi) is 5.81. The van der Waals surface area contributed by atoms with E-state index in [1.807, 2.05) is 13.0 Å². The number of ether oxygens (including phenoxy) is 1. The number of nitrogens with one attached hydrogen (secondary N) is 2. The number of amides is 2. The average molecular weight is 304 g/mol. The summed E-state index contributed by atoms with van der Waals surface area (Å²) < 4.78 is 5.44. The Hall–Kier alpha value is -2.04. The van der Waals surface area contributed by atoms with E-state index in [0.29, 0.717) is 24.0 Å². The normalized spacial score (nSPS) is 21.0. The Morgan fingerprint density at radius 1 is 1.18 bits per heavy atom. The van der Waals surface area contributed by atoms with Crippen molar-refractivity contribution < 1.29 is 14.3 Å². The highest BCUT2D eigenvalue weighted by atomic mass is 16.5. The van der Waals surface area contributed by atoms with E-state index in [1.54, 1.807) is 18.2 Å². The highest BCUT2D eigenvalue weighted by Crippen LogP contribution is 2.25. The number of carbonyl (C=O) groups is 2. The minimum atomic E-state index is -0.648. The van der Waals surface area contributed by atoms with Crippen LogP contribution < -0.4 is 15.4 Å². The summed E-state index contributed by atoms with van der Waals surface area (Å²) in [6, 6.07) is 7.19. The molecule has 120 valence electrons. The molecule has 0 bridgehead atoms. The number of benzene rings is 1. The van der Waals surface area contributed by atoms with Crippen LogP contribution in [0.2, 0.25) is 0 Å². The molecule has 2 atom stereocenters. The van der Waals surface area contributed by atoms with Gasteiger partial charge in [-0.1, -0.05) is 31.9 Å². The summed E-state index contributed by atoms with van der Waals surface area (Å²) in [7, 11) is 0. The lowest BCUT2D eigenvalue weighted by Crippen LogP contribution is -2.45. The van der Waals surface area contributed by atoms with Gasteiger partial charge >= 0.3 is 11.8 Å². The summed E-state index contributed by atoms with van der Waals surface area (Å²) in [4.78, 5) is 24.1. The SMILES string of the molecule is CCOc1ccccc1NC(=O)C(=O)N[C@@H]1CCCC[C@H]1C. The molecular formula is C17H24N2O3. The molecule has 1 aromatic carbocycles. The van der Waals surface area contributed by atoms with Crippen LogP contribution in [-0.2, 0) is 9.59 Å². The summed E-state index contributed by atoms with van der Waals surface area (Å²) in [6.07, 6.45) is 4.33. The second-order valence-electron chi connectivity index (χ2n) is 5.72. The third-order valence-electron chi connectivity index (χ3n) is 4.07. The van der Waals surface area contributed by atoms with Gasteiger partial charge < -0.3 is 15.4 Å². The molecule has 1 fully saturated rings.